The van der Waals surface area contributed by atoms with Gasteiger partial charge in [-0.3, -0.25) is 9.59 Å². The van der Waals surface area contributed by atoms with Gasteiger partial charge in [-0.2, -0.15) is 0 Å². The minimum absolute atomic E-state index is 0. The van der Waals surface area contributed by atoms with Crippen LogP contribution in [0, 0.1) is 71.5 Å². The van der Waals surface area contributed by atoms with Gasteiger partial charge in [-0.05, 0) is 65.6 Å². The van der Waals surface area contributed by atoms with Crippen molar-refractivity contribution in [3.63, 3.8) is 0 Å². The Labute approximate surface area is 335 Å². The molecule has 46 heavy (non-hydrogen) atoms. The molecule has 0 aromatic rings. The number of nitrogens with two attached hydrogens (primary N) is 1. The number of phosphoric ester groups is 1. The molecular weight excluding hydrogens is 631 g/mol. The predicted molar refractivity (Wildman–Crippen MR) is 186 cm³/mol. The molecule has 0 aromatic carbocycles. The molecule has 260 valence electrons. The quantitative estimate of drug-likeness (QED) is 0.0457. The average molecular weight is 694 g/mol. The Balaban J connectivity index is -0.0000000759. The van der Waals surface area contributed by atoms with Crippen LogP contribution in [0.4, 0.5) is 0 Å². The van der Waals surface area contributed by atoms with Gasteiger partial charge in [0.15, 0.2) is 6.10 Å². The summed E-state index contributed by atoms with van der Waals surface area (Å²) in [6.45, 7) is 2.18. The Bertz CT molecular complexity index is 1320. The van der Waals surface area contributed by atoms with Crippen molar-refractivity contribution < 1.29 is 118 Å². The van der Waals surface area contributed by atoms with Crippen molar-refractivity contribution in [2.45, 2.75) is 103 Å². The number of phosphoric acid groups is 1. The van der Waals surface area contributed by atoms with E-state index in [1.807, 2.05) is 0 Å². The summed E-state index contributed by atoms with van der Waals surface area (Å²) in [6.07, 6.45) is 17.4. The molecule has 1 amide bonds. The second-order valence-electron chi connectivity index (χ2n) is 9.10. The largest absolute Gasteiger partial charge is 1.00 e. The number of ether oxygens (including phenoxy) is 2. The van der Waals surface area contributed by atoms with Crippen LogP contribution in [-0.4, -0.2) is 37.2 Å². The first-order valence-electron chi connectivity index (χ1n) is 14.3. The van der Waals surface area contributed by atoms with Gasteiger partial charge in [0.25, 0.3) is 0 Å². The number of carbonyl (C=O) groups is 3. The summed E-state index contributed by atoms with van der Waals surface area (Å²) >= 11 is 0. The summed E-state index contributed by atoms with van der Waals surface area (Å²) in [5, 5.41) is 0. The third-order valence-electron chi connectivity index (χ3n) is 5.09. The summed E-state index contributed by atoms with van der Waals surface area (Å²) < 4.78 is 25.0. The molecule has 0 rings (SSSR count). The third-order valence-corrected chi connectivity index (χ3v) is 5.55. The molecule has 10 nitrogen and oxygen atoms in total. The first-order chi connectivity index (χ1) is 21.0. The first-order valence-corrected chi connectivity index (χ1v) is 15.7. The second-order valence-corrected chi connectivity index (χ2v) is 10.3. The summed E-state index contributed by atoms with van der Waals surface area (Å²) in [5.41, 5.74) is 4.47. The van der Waals surface area contributed by atoms with E-state index < -0.39 is 39.1 Å². The molecule has 0 aliphatic rings. The number of hydrogen-bond donors (Lipinski definition) is 1. The standard InChI is InChI=1S/C31H37O8P.C2H5NO.2Na.11H2/c1-3-5-7-9-11-13-15-16-18-20-22-24-26-31(33)39-29(28-38-40(34,35)36)27-37-30(32)25-23-21-19-17-14-12-10-8-6-4-2;1-2(3)4;;;;;;;;;;;;;/h2,29H,3,5,7,9,11,13,15-16,18,20,22,24,26-28H2,1H3,(H2,34,35,36);1H3,(H2,3,4);;;11*1H/q;;2*+1;;;;;;;;;;;/p-2/t29-;;;;;;;;;;;;;;/m1............../s1. The fourth-order valence-corrected chi connectivity index (χ4v) is 3.54. The van der Waals surface area contributed by atoms with E-state index in [9.17, 15) is 28.7 Å². The molecule has 0 radical (unpaired) electrons. The zero-order valence-corrected chi connectivity index (χ0v) is 32.4. The van der Waals surface area contributed by atoms with E-state index in [2.05, 4.69) is 82.3 Å². The molecule has 13 heteroatoms. The molecule has 0 fully saturated rings. The number of primary amides is 1. The summed E-state index contributed by atoms with van der Waals surface area (Å²) in [7, 11) is -5.32. The van der Waals surface area contributed by atoms with Crippen molar-refractivity contribution in [1.29, 1.82) is 0 Å². The third kappa shape index (κ3) is 46.3. The van der Waals surface area contributed by atoms with Crippen molar-refractivity contribution in [2.24, 2.45) is 5.73 Å². The number of terminal acetylenes is 1. The Hall–Kier alpha value is -2.12. The minimum Gasteiger partial charge on any atom is -0.790 e. The van der Waals surface area contributed by atoms with Crippen LogP contribution in [-0.2, 0) is 32.9 Å². The molecular formula is C33H62NNa2O9P. The second kappa shape index (κ2) is 37.3. The van der Waals surface area contributed by atoms with Crippen molar-refractivity contribution in [3.8, 4) is 71.5 Å². The van der Waals surface area contributed by atoms with Gasteiger partial charge in [-0.25, -0.2) is 4.79 Å². The van der Waals surface area contributed by atoms with Gasteiger partial charge < -0.3 is 34.1 Å². The van der Waals surface area contributed by atoms with Gasteiger partial charge in [0.1, 0.15) is 6.61 Å². The van der Waals surface area contributed by atoms with Gasteiger partial charge in [-0.15, -0.1) is 6.42 Å². The molecule has 0 aromatic heterocycles. The number of esters is 2. The van der Waals surface area contributed by atoms with E-state index in [0.717, 1.165) is 19.3 Å². The van der Waals surface area contributed by atoms with E-state index >= 15 is 0 Å². The molecule has 0 unspecified atom stereocenters. The summed E-state index contributed by atoms with van der Waals surface area (Å²) in [4.78, 5) is 54.7. The van der Waals surface area contributed by atoms with Crippen LogP contribution >= 0.6 is 7.82 Å². The number of rotatable bonds is 19. The van der Waals surface area contributed by atoms with Gasteiger partial charge in [-0.1, -0.05) is 77.6 Å². The van der Waals surface area contributed by atoms with E-state index in [1.165, 1.54) is 58.3 Å². The van der Waals surface area contributed by atoms with Crippen LogP contribution in [0.1, 0.15) is 113 Å². The molecule has 0 spiro atoms. The van der Waals surface area contributed by atoms with E-state index in [-0.39, 0.29) is 87.1 Å². The SMILES string of the molecule is C#CC#CC#CC#CC#CC#CC(=O)OC[C@H](COP(=O)([O-])[O-])OC(=O)CCCCCCCCCCCCCC.CC(N)=O.[HH].[HH].[HH].[HH].[HH].[HH].[HH].[HH].[HH].[HH].[HH].[Na+].[Na+]. The van der Waals surface area contributed by atoms with Crippen LogP contribution < -0.4 is 74.6 Å². The van der Waals surface area contributed by atoms with Gasteiger partial charge >= 0.3 is 71.1 Å². The number of amides is 1. The fourth-order valence-electron chi connectivity index (χ4n) is 3.19. The Morgan fingerprint density at radius 3 is 1.61 bits per heavy atom. The zero-order chi connectivity index (χ0) is 33.3. The topological polar surface area (TPSA) is 168 Å². The number of hydrogen-bond acceptors (Lipinski definition) is 9. The molecule has 0 saturated carbocycles. The smallest absolute Gasteiger partial charge is 0.790 e. The van der Waals surface area contributed by atoms with E-state index in [1.54, 1.807) is 0 Å². The fraction of sp³-hybridized carbons (Fsp3) is 0.545. The first kappa shape index (κ1) is 50.7. The minimum atomic E-state index is -5.32. The van der Waals surface area contributed by atoms with E-state index in [0.29, 0.717) is 6.42 Å². The van der Waals surface area contributed by atoms with Crippen LogP contribution in [0.2, 0.25) is 0 Å². The van der Waals surface area contributed by atoms with E-state index in [4.69, 9.17) is 15.9 Å². The Morgan fingerprint density at radius 1 is 0.761 bits per heavy atom. The number of carbonyl (C=O) groups excluding carboxylic acids is 3. The Morgan fingerprint density at radius 2 is 1.17 bits per heavy atom. The van der Waals surface area contributed by atoms with Gasteiger partial charge in [0.05, 0.1) is 14.4 Å². The van der Waals surface area contributed by atoms with Crippen molar-refractivity contribution in [1.82, 2.24) is 0 Å². The maximum absolute atomic E-state index is 12.1. The van der Waals surface area contributed by atoms with Crippen molar-refractivity contribution in [2.75, 3.05) is 13.2 Å². The van der Waals surface area contributed by atoms with Gasteiger partial charge in [0.2, 0.25) is 5.91 Å². The van der Waals surface area contributed by atoms with Crippen LogP contribution in [0.15, 0.2) is 0 Å². The summed E-state index contributed by atoms with van der Waals surface area (Å²) in [5.74, 6) is 23.2. The average Bonchev–Trinajstić information content (AvgIpc) is 2.95. The van der Waals surface area contributed by atoms with Crippen molar-refractivity contribution in [3.05, 3.63) is 0 Å². The Kier molecular flexibility index (Phi) is 41.2. The van der Waals surface area contributed by atoms with Crippen LogP contribution in [0.5, 0.6) is 0 Å². The number of unbranched alkanes of at least 4 members (excludes halogenated alkanes) is 11. The molecule has 2 N–H and O–H groups in total. The van der Waals surface area contributed by atoms with Gasteiger partial charge in [0, 0.05) is 35.0 Å². The molecule has 0 aliphatic carbocycles. The van der Waals surface area contributed by atoms with Crippen LogP contribution in [0.3, 0.4) is 0 Å². The summed E-state index contributed by atoms with van der Waals surface area (Å²) in [6, 6.07) is 0. The molecule has 0 heterocycles. The monoisotopic (exact) mass is 693 g/mol. The maximum atomic E-state index is 12.1. The predicted octanol–water partition coefficient (Wildman–Crippen LogP) is -0.766. The molecule has 1 atom stereocenters. The maximum Gasteiger partial charge on any atom is 1.00 e. The van der Waals surface area contributed by atoms with Crippen molar-refractivity contribution >= 4 is 25.7 Å². The molecule has 0 bridgehead atoms. The zero-order valence-electron chi connectivity index (χ0n) is 27.5. The molecule has 0 saturated heterocycles. The normalized spacial score (nSPS) is 9.37. The molecule has 0 aliphatic heterocycles. The van der Waals surface area contributed by atoms with Crippen LogP contribution in [0.25, 0.3) is 0 Å².